The highest BCUT2D eigenvalue weighted by atomic mass is 32.2. The van der Waals surface area contributed by atoms with Crippen LogP contribution in [0.15, 0.2) is 60.7 Å². The Morgan fingerprint density at radius 1 is 1.15 bits per heavy atom. The fraction of sp³-hybridized carbons (Fsp3) is 0.286. The number of nitrogens with zero attached hydrogens (tertiary/aromatic N) is 1. The summed E-state index contributed by atoms with van der Waals surface area (Å²) in [7, 11) is -1.48. The number of hydrogen-bond donors (Lipinski definition) is 0. The molecule has 5 nitrogen and oxygen atoms in total. The predicted molar refractivity (Wildman–Crippen MR) is 106 cm³/mol. The molecule has 3 rings (SSSR count). The molecule has 0 bridgehead atoms. The molecule has 0 aromatic heterocycles. The zero-order valence-electron chi connectivity index (χ0n) is 15.2. The van der Waals surface area contributed by atoms with Crippen molar-refractivity contribution in [2.45, 2.75) is 19.0 Å². The molecule has 0 saturated carbocycles. The van der Waals surface area contributed by atoms with Crippen molar-refractivity contribution in [1.29, 1.82) is 0 Å². The molecule has 0 N–H and O–H groups in total. The number of benzene rings is 2. The zero-order valence-corrected chi connectivity index (χ0v) is 16.1. The summed E-state index contributed by atoms with van der Waals surface area (Å²) in [4.78, 5) is 14.5. The van der Waals surface area contributed by atoms with Crippen LogP contribution in [-0.4, -0.2) is 43.9 Å². The lowest BCUT2D eigenvalue weighted by atomic mass is 10.1. The molecule has 142 valence electrons. The minimum Gasteiger partial charge on any atom is -0.497 e. The summed E-state index contributed by atoms with van der Waals surface area (Å²) in [5, 5.41) is 0. The SMILES string of the molecule is COc1ccc(CN(C(=O)/C=C/c2ccccc2)[C@H]2CCS(=O)(=O)C2)cc1. The van der Waals surface area contributed by atoms with Crippen LogP contribution in [0.4, 0.5) is 0 Å². The van der Waals surface area contributed by atoms with Gasteiger partial charge in [-0.2, -0.15) is 0 Å². The van der Waals surface area contributed by atoms with Crippen molar-refractivity contribution in [3.05, 3.63) is 71.8 Å². The van der Waals surface area contributed by atoms with Crippen LogP contribution < -0.4 is 4.74 Å². The largest absolute Gasteiger partial charge is 0.497 e. The van der Waals surface area contributed by atoms with Crippen molar-refractivity contribution in [1.82, 2.24) is 4.90 Å². The van der Waals surface area contributed by atoms with Crippen LogP contribution in [0, 0.1) is 0 Å². The molecule has 0 radical (unpaired) electrons. The highest BCUT2D eigenvalue weighted by Gasteiger charge is 2.34. The molecule has 2 aromatic carbocycles. The normalized spacial score (nSPS) is 18.5. The Balaban J connectivity index is 1.80. The standard InChI is InChI=1S/C21H23NO4S/c1-26-20-10-7-18(8-11-20)15-22(19-13-14-27(24,25)16-19)21(23)12-9-17-5-3-2-4-6-17/h2-12,19H,13-16H2,1H3/b12-9+/t19-/m0/s1. The van der Waals surface area contributed by atoms with Gasteiger partial charge in [0.05, 0.1) is 18.6 Å². The van der Waals surface area contributed by atoms with Gasteiger partial charge in [0.25, 0.3) is 0 Å². The summed E-state index contributed by atoms with van der Waals surface area (Å²) >= 11 is 0. The van der Waals surface area contributed by atoms with Crippen LogP contribution in [0.5, 0.6) is 5.75 Å². The van der Waals surface area contributed by atoms with E-state index in [-0.39, 0.29) is 23.5 Å². The maximum Gasteiger partial charge on any atom is 0.247 e. The van der Waals surface area contributed by atoms with E-state index in [1.165, 1.54) is 6.08 Å². The number of carbonyl (C=O) groups excluding carboxylic acids is 1. The topological polar surface area (TPSA) is 63.7 Å². The second-order valence-electron chi connectivity index (χ2n) is 6.62. The first-order valence-corrected chi connectivity index (χ1v) is 10.7. The van der Waals surface area contributed by atoms with E-state index in [0.717, 1.165) is 16.9 Å². The molecule has 1 amide bonds. The lowest BCUT2D eigenvalue weighted by Gasteiger charge is -2.27. The number of hydrogen-bond acceptors (Lipinski definition) is 4. The lowest BCUT2D eigenvalue weighted by molar-refractivity contribution is -0.128. The summed E-state index contributed by atoms with van der Waals surface area (Å²) in [6, 6.07) is 16.7. The molecule has 27 heavy (non-hydrogen) atoms. The molecule has 1 atom stereocenters. The molecule has 1 heterocycles. The summed E-state index contributed by atoms with van der Waals surface area (Å²) in [6.45, 7) is 0.363. The van der Waals surface area contributed by atoms with E-state index in [4.69, 9.17) is 4.74 Å². The number of methoxy groups -OCH3 is 1. The van der Waals surface area contributed by atoms with Gasteiger partial charge < -0.3 is 9.64 Å². The van der Waals surface area contributed by atoms with Gasteiger partial charge in [-0.3, -0.25) is 4.79 Å². The van der Waals surface area contributed by atoms with E-state index >= 15 is 0 Å². The van der Waals surface area contributed by atoms with Gasteiger partial charge in [0.1, 0.15) is 5.75 Å². The molecule has 1 fully saturated rings. The second-order valence-corrected chi connectivity index (χ2v) is 8.84. The maximum absolute atomic E-state index is 12.9. The number of amides is 1. The Kier molecular flexibility index (Phi) is 5.96. The fourth-order valence-corrected chi connectivity index (χ4v) is 4.89. The van der Waals surface area contributed by atoms with Gasteiger partial charge >= 0.3 is 0 Å². The Morgan fingerprint density at radius 2 is 1.85 bits per heavy atom. The molecule has 1 aliphatic heterocycles. The summed E-state index contributed by atoms with van der Waals surface area (Å²) in [5.41, 5.74) is 1.86. The van der Waals surface area contributed by atoms with Crippen molar-refractivity contribution < 1.29 is 17.9 Å². The predicted octanol–water partition coefficient (Wildman–Crippen LogP) is 2.92. The van der Waals surface area contributed by atoms with Crippen molar-refractivity contribution in [3.63, 3.8) is 0 Å². The van der Waals surface area contributed by atoms with Crippen molar-refractivity contribution in [2.75, 3.05) is 18.6 Å². The monoisotopic (exact) mass is 385 g/mol. The Hall–Kier alpha value is -2.60. The van der Waals surface area contributed by atoms with Gasteiger partial charge in [0.15, 0.2) is 9.84 Å². The van der Waals surface area contributed by atoms with Gasteiger partial charge in [0.2, 0.25) is 5.91 Å². The highest BCUT2D eigenvalue weighted by molar-refractivity contribution is 7.91. The second kappa shape index (κ2) is 8.39. The van der Waals surface area contributed by atoms with Crippen LogP contribution >= 0.6 is 0 Å². The molecule has 1 saturated heterocycles. The Labute approximate surface area is 160 Å². The molecular weight excluding hydrogens is 362 g/mol. The van der Waals surface area contributed by atoms with Crippen molar-refractivity contribution in [2.24, 2.45) is 0 Å². The molecular formula is C21H23NO4S. The van der Waals surface area contributed by atoms with Crippen molar-refractivity contribution >= 4 is 21.8 Å². The van der Waals surface area contributed by atoms with Crippen molar-refractivity contribution in [3.8, 4) is 5.75 Å². The van der Waals surface area contributed by atoms with E-state index < -0.39 is 9.84 Å². The smallest absolute Gasteiger partial charge is 0.247 e. The van der Waals surface area contributed by atoms with Crippen LogP contribution in [0.2, 0.25) is 0 Å². The first-order valence-electron chi connectivity index (χ1n) is 8.84. The minimum absolute atomic E-state index is 0.0219. The van der Waals surface area contributed by atoms with E-state index in [1.54, 1.807) is 18.1 Å². The molecule has 6 heteroatoms. The first kappa shape index (κ1) is 19.2. The summed E-state index contributed by atoms with van der Waals surface area (Å²) < 4.78 is 29.0. The first-order chi connectivity index (χ1) is 13.0. The molecule has 2 aromatic rings. The van der Waals surface area contributed by atoms with E-state index in [0.29, 0.717) is 13.0 Å². The Morgan fingerprint density at radius 3 is 2.44 bits per heavy atom. The number of carbonyl (C=O) groups is 1. The third-order valence-corrected chi connectivity index (χ3v) is 6.41. The molecule has 0 unspecified atom stereocenters. The van der Waals surface area contributed by atoms with Crippen LogP contribution in [-0.2, 0) is 21.2 Å². The fourth-order valence-electron chi connectivity index (χ4n) is 3.16. The lowest BCUT2D eigenvalue weighted by Crippen LogP contribution is -2.39. The van der Waals surface area contributed by atoms with Crippen LogP contribution in [0.3, 0.4) is 0 Å². The molecule has 0 spiro atoms. The number of sulfone groups is 1. The average molecular weight is 385 g/mol. The van der Waals surface area contributed by atoms with E-state index in [2.05, 4.69) is 0 Å². The highest BCUT2D eigenvalue weighted by Crippen LogP contribution is 2.22. The van der Waals surface area contributed by atoms with Crippen LogP contribution in [0.1, 0.15) is 17.5 Å². The van der Waals surface area contributed by atoms with E-state index in [9.17, 15) is 13.2 Å². The third kappa shape index (κ3) is 5.20. The minimum atomic E-state index is -3.08. The van der Waals surface area contributed by atoms with Gasteiger partial charge in [-0.15, -0.1) is 0 Å². The summed E-state index contributed by atoms with van der Waals surface area (Å²) in [6.07, 6.45) is 3.75. The van der Waals surface area contributed by atoms with Gasteiger partial charge in [-0.05, 0) is 35.8 Å². The van der Waals surface area contributed by atoms with Gasteiger partial charge in [0, 0.05) is 18.7 Å². The van der Waals surface area contributed by atoms with Gasteiger partial charge in [-0.1, -0.05) is 42.5 Å². The zero-order chi connectivity index (χ0) is 19.3. The molecule has 0 aliphatic carbocycles. The third-order valence-electron chi connectivity index (χ3n) is 4.66. The molecule has 1 aliphatic rings. The maximum atomic E-state index is 12.9. The number of rotatable bonds is 6. The number of ether oxygens (including phenoxy) is 1. The quantitative estimate of drug-likeness (QED) is 0.717. The van der Waals surface area contributed by atoms with Gasteiger partial charge in [-0.25, -0.2) is 8.42 Å². The average Bonchev–Trinajstić information content (AvgIpc) is 3.05. The van der Waals surface area contributed by atoms with Crippen LogP contribution in [0.25, 0.3) is 6.08 Å². The van der Waals surface area contributed by atoms with E-state index in [1.807, 2.05) is 54.6 Å². The summed E-state index contributed by atoms with van der Waals surface area (Å²) in [5.74, 6) is 0.710. The Bertz CT molecular complexity index is 905.